The maximum absolute atomic E-state index is 12.9. The largest absolute Gasteiger partial charge is 0.451 e. The summed E-state index contributed by atoms with van der Waals surface area (Å²) in [7, 11) is 0. The van der Waals surface area contributed by atoms with Crippen molar-refractivity contribution >= 4 is 40.0 Å². The lowest BCUT2D eigenvalue weighted by Gasteiger charge is -2.14. The molecule has 7 heteroatoms. The van der Waals surface area contributed by atoms with E-state index >= 15 is 0 Å². The van der Waals surface area contributed by atoms with Gasteiger partial charge >= 0.3 is 0 Å². The van der Waals surface area contributed by atoms with Crippen molar-refractivity contribution < 1.29 is 9.21 Å². The van der Waals surface area contributed by atoms with Crippen molar-refractivity contribution in [2.45, 2.75) is 63.1 Å². The van der Waals surface area contributed by atoms with Gasteiger partial charge in [0, 0.05) is 22.7 Å². The summed E-state index contributed by atoms with van der Waals surface area (Å²) in [6.07, 6.45) is 3.25. The van der Waals surface area contributed by atoms with E-state index in [-0.39, 0.29) is 11.9 Å². The highest BCUT2D eigenvalue weighted by atomic mass is 32.2. The minimum Gasteiger partial charge on any atom is -0.451 e. The number of carbonyl (C=O) groups excluding carboxylic acids is 1. The summed E-state index contributed by atoms with van der Waals surface area (Å²) in [5, 5.41) is 13.3. The molecular formula is C21H27N3O2S2. The fourth-order valence-electron chi connectivity index (χ4n) is 3.09. The molecule has 3 rings (SSSR count). The number of nitrogens with one attached hydrogen (secondary N) is 1. The standard InChI is InChI=1S/C21H27N3O2S2/c1-13(2)8-7-9-14(3)22-20(25)19-17(12-27-21-24-23-15(4)28-21)16-10-5-6-11-18(16)26-19/h5-6,10-11,13-14H,7-9,12H2,1-4H3,(H,22,25). The predicted octanol–water partition coefficient (Wildman–Crippen LogP) is 5.83. The number of carbonyl (C=O) groups is 1. The number of benzene rings is 1. The van der Waals surface area contributed by atoms with E-state index in [1.165, 1.54) is 6.42 Å². The Hall–Kier alpha value is -1.86. The Kier molecular flexibility index (Phi) is 7.13. The normalized spacial score (nSPS) is 12.6. The lowest BCUT2D eigenvalue weighted by molar-refractivity contribution is 0.0911. The Morgan fingerprint density at radius 3 is 2.71 bits per heavy atom. The summed E-state index contributed by atoms with van der Waals surface area (Å²) in [5.74, 6) is 1.57. The zero-order chi connectivity index (χ0) is 20.1. The first-order valence-corrected chi connectivity index (χ1v) is 11.5. The molecule has 0 radical (unpaired) electrons. The molecule has 0 aliphatic carbocycles. The lowest BCUT2D eigenvalue weighted by atomic mass is 10.0. The van der Waals surface area contributed by atoms with Crippen LogP contribution in [0.5, 0.6) is 0 Å². The number of nitrogens with zero attached hydrogens (tertiary/aromatic N) is 2. The molecule has 5 nitrogen and oxygen atoms in total. The molecule has 2 aromatic heterocycles. The van der Waals surface area contributed by atoms with Crippen molar-refractivity contribution in [1.82, 2.24) is 15.5 Å². The van der Waals surface area contributed by atoms with Crippen LogP contribution in [0.3, 0.4) is 0 Å². The van der Waals surface area contributed by atoms with Crippen molar-refractivity contribution in [2.75, 3.05) is 0 Å². The molecule has 1 amide bonds. The smallest absolute Gasteiger partial charge is 0.287 e. The second-order valence-corrected chi connectivity index (χ2v) is 9.88. The van der Waals surface area contributed by atoms with Crippen molar-refractivity contribution in [1.29, 1.82) is 0 Å². The van der Waals surface area contributed by atoms with Gasteiger partial charge in [0.05, 0.1) is 0 Å². The first-order valence-electron chi connectivity index (χ1n) is 9.68. The molecule has 0 bridgehead atoms. The van der Waals surface area contributed by atoms with Gasteiger partial charge in [-0.3, -0.25) is 4.79 Å². The van der Waals surface area contributed by atoms with E-state index in [4.69, 9.17) is 4.42 Å². The molecule has 1 unspecified atom stereocenters. The predicted molar refractivity (Wildman–Crippen MR) is 116 cm³/mol. The topological polar surface area (TPSA) is 68.0 Å². The molecule has 0 saturated heterocycles. The van der Waals surface area contributed by atoms with Crippen LogP contribution in [0, 0.1) is 12.8 Å². The molecule has 1 aromatic carbocycles. The second kappa shape index (κ2) is 9.56. The number of furan rings is 1. The van der Waals surface area contributed by atoms with Gasteiger partial charge in [0.25, 0.3) is 5.91 Å². The first-order chi connectivity index (χ1) is 13.4. The second-order valence-electron chi connectivity index (χ2n) is 7.48. The van der Waals surface area contributed by atoms with E-state index < -0.39 is 0 Å². The van der Waals surface area contributed by atoms with Crippen LogP contribution in [0.25, 0.3) is 11.0 Å². The Morgan fingerprint density at radius 2 is 2.00 bits per heavy atom. The molecule has 3 aromatic rings. The Balaban J connectivity index is 1.74. The van der Waals surface area contributed by atoms with E-state index in [2.05, 4.69) is 36.3 Å². The average molecular weight is 418 g/mol. The van der Waals surface area contributed by atoms with Crippen LogP contribution in [0.2, 0.25) is 0 Å². The van der Waals surface area contributed by atoms with Gasteiger partial charge in [-0.2, -0.15) is 0 Å². The minimum atomic E-state index is -0.141. The van der Waals surface area contributed by atoms with Gasteiger partial charge in [-0.05, 0) is 32.3 Å². The Morgan fingerprint density at radius 1 is 1.21 bits per heavy atom. The summed E-state index contributed by atoms with van der Waals surface area (Å²) in [5.41, 5.74) is 1.66. The first kappa shape index (κ1) is 20.9. The third kappa shape index (κ3) is 5.35. The molecule has 0 aliphatic heterocycles. The summed E-state index contributed by atoms with van der Waals surface area (Å²) in [4.78, 5) is 12.9. The minimum absolute atomic E-state index is 0.116. The molecule has 1 N–H and O–H groups in total. The highest BCUT2D eigenvalue weighted by Crippen LogP contribution is 2.33. The number of amides is 1. The monoisotopic (exact) mass is 417 g/mol. The van der Waals surface area contributed by atoms with Gasteiger partial charge in [-0.25, -0.2) is 0 Å². The number of rotatable bonds is 9. The summed E-state index contributed by atoms with van der Waals surface area (Å²) < 4.78 is 6.84. The highest BCUT2D eigenvalue weighted by molar-refractivity contribution is 8.00. The fraction of sp³-hybridized carbons (Fsp3) is 0.476. The molecule has 0 aliphatic rings. The SMILES string of the molecule is Cc1nnc(SCc2c(C(=O)NC(C)CCCC(C)C)oc3ccccc23)s1. The van der Waals surface area contributed by atoms with E-state index in [1.54, 1.807) is 23.1 Å². The molecule has 2 heterocycles. The third-order valence-corrected chi connectivity index (χ3v) is 6.55. The Labute approximate surface area is 174 Å². The zero-order valence-corrected chi connectivity index (χ0v) is 18.5. The quantitative estimate of drug-likeness (QED) is 0.444. The molecule has 0 saturated carbocycles. The summed E-state index contributed by atoms with van der Waals surface area (Å²) in [6, 6.07) is 7.92. The molecule has 150 valence electrons. The van der Waals surface area contributed by atoms with E-state index in [1.807, 2.05) is 31.2 Å². The molecular weight excluding hydrogens is 390 g/mol. The van der Waals surface area contributed by atoms with E-state index in [0.717, 1.165) is 38.7 Å². The van der Waals surface area contributed by atoms with Crippen molar-refractivity contribution in [3.8, 4) is 0 Å². The Bertz CT molecular complexity index is 933. The third-order valence-electron chi connectivity index (χ3n) is 4.55. The maximum atomic E-state index is 12.9. The van der Waals surface area contributed by atoms with E-state index in [9.17, 15) is 4.79 Å². The van der Waals surface area contributed by atoms with Crippen LogP contribution < -0.4 is 5.32 Å². The number of hydrogen-bond acceptors (Lipinski definition) is 6. The number of para-hydroxylation sites is 1. The number of thioether (sulfide) groups is 1. The number of aryl methyl sites for hydroxylation is 1. The molecule has 28 heavy (non-hydrogen) atoms. The fourth-order valence-corrected chi connectivity index (χ4v) is 4.93. The molecule has 0 spiro atoms. The summed E-state index contributed by atoms with van der Waals surface area (Å²) >= 11 is 3.15. The zero-order valence-electron chi connectivity index (χ0n) is 16.8. The summed E-state index contributed by atoms with van der Waals surface area (Å²) in [6.45, 7) is 8.44. The molecule has 1 atom stereocenters. The van der Waals surface area contributed by atoms with Gasteiger partial charge in [0.1, 0.15) is 10.6 Å². The van der Waals surface area contributed by atoms with Gasteiger partial charge in [0.15, 0.2) is 10.1 Å². The van der Waals surface area contributed by atoms with Crippen LogP contribution in [0.1, 0.15) is 61.2 Å². The van der Waals surface area contributed by atoms with Crippen LogP contribution >= 0.6 is 23.1 Å². The number of aromatic nitrogens is 2. The van der Waals surface area contributed by atoms with Gasteiger partial charge < -0.3 is 9.73 Å². The van der Waals surface area contributed by atoms with Crippen LogP contribution in [-0.2, 0) is 5.75 Å². The van der Waals surface area contributed by atoms with Gasteiger partial charge in [-0.1, -0.05) is 68.0 Å². The van der Waals surface area contributed by atoms with Crippen LogP contribution in [0.4, 0.5) is 0 Å². The van der Waals surface area contributed by atoms with Gasteiger partial charge in [0.2, 0.25) is 0 Å². The van der Waals surface area contributed by atoms with E-state index in [0.29, 0.717) is 17.4 Å². The van der Waals surface area contributed by atoms with Crippen molar-refractivity contribution in [3.63, 3.8) is 0 Å². The van der Waals surface area contributed by atoms with Gasteiger partial charge in [-0.15, -0.1) is 10.2 Å². The highest BCUT2D eigenvalue weighted by Gasteiger charge is 2.22. The van der Waals surface area contributed by atoms with Crippen LogP contribution in [-0.4, -0.2) is 22.1 Å². The molecule has 0 fully saturated rings. The number of fused-ring (bicyclic) bond motifs is 1. The maximum Gasteiger partial charge on any atom is 0.287 e. The lowest BCUT2D eigenvalue weighted by Crippen LogP contribution is -2.32. The average Bonchev–Trinajstić information content (AvgIpc) is 3.23. The van der Waals surface area contributed by atoms with Crippen LogP contribution in [0.15, 0.2) is 33.0 Å². The number of hydrogen-bond donors (Lipinski definition) is 1. The van der Waals surface area contributed by atoms with Crippen molar-refractivity contribution in [2.24, 2.45) is 5.92 Å². The van der Waals surface area contributed by atoms with Crippen molar-refractivity contribution in [3.05, 3.63) is 40.6 Å².